The van der Waals surface area contributed by atoms with Crippen LogP contribution in [0.15, 0.2) is 41.0 Å². The first-order chi connectivity index (χ1) is 9.20. The van der Waals surface area contributed by atoms with E-state index in [1.807, 2.05) is 31.3 Å². The highest BCUT2D eigenvalue weighted by Gasteiger charge is 2.03. The number of hydrogen-bond donors (Lipinski definition) is 1. The molecule has 0 unspecified atom stereocenters. The monoisotopic (exact) mass is 320 g/mol. The fraction of sp³-hybridized carbons (Fsp3) is 0.267. The Bertz CT molecular complexity index is 558. The number of rotatable bonds is 5. The fourth-order valence-electron chi connectivity index (χ4n) is 1.89. The molecule has 0 spiro atoms. The van der Waals surface area contributed by atoms with Gasteiger partial charge in [-0.15, -0.1) is 0 Å². The standard InChI is InChI=1S/C15H17BrN2O/c1-11-9-13(16)15(18-10-11)17-8-7-12-5-3-4-6-14(12)19-2/h3-6,9-10H,7-8H2,1-2H3,(H,17,18). The summed E-state index contributed by atoms with van der Waals surface area (Å²) in [6.45, 7) is 2.84. The first kappa shape index (κ1) is 13.9. The van der Waals surface area contributed by atoms with Crippen LogP contribution < -0.4 is 10.1 Å². The molecule has 1 aromatic heterocycles. The molecule has 19 heavy (non-hydrogen) atoms. The van der Waals surface area contributed by atoms with Crippen LogP contribution in [-0.4, -0.2) is 18.6 Å². The number of methoxy groups -OCH3 is 1. The van der Waals surface area contributed by atoms with Crippen molar-refractivity contribution in [2.24, 2.45) is 0 Å². The van der Waals surface area contributed by atoms with Crippen LogP contribution in [0.25, 0.3) is 0 Å². The van der Waals surface area contributed by atoms with Gasteiger partial charge in [0.15, 0.2) is 0 Å². The van der Waals surface area contributed by atoms with Crippen LogP contribution in [0.2, 0.25) is 0 Å². The van der Waals surface area contributed by atoms with Gasteiger partial charge in [0.25, 0.3) is 0 Å². The summed E-state index contributed by atoms with van der Waals surface area (Å²) in [6.07, 6.45) is 2.75. The highest BCUT2D eigenvalue weighted by atomic mass is 79.9. The van der Waals surface area contributed by atoms with Gasteiger partial charge in [-0.2, -0.15) is 0 Å². The second-order valence-corrected chi connectivity index (χ2v) is 5.19. The zero-order valence-electron chi connectivity index (χ0n) is 11.1. The Morgan fingerprint density at radius 1 is 1.32 bits per heavy atom. The summed E-state index contributed by atoms with van der Waals surface area (Å²) in [5, 5.41) is 3.33. The number of aryl methyl sites for hydroxylation is 1. The molecule has 0 aliphatic carbocycles. The quantitative estimate of drug-likeness (QED) is 0.909. The van der Waals surface area contributed by atoms with Crippen LogP contribution in [0.5, 0.6) is 5.75 Å². The Hall–Kier alpha value is -1.55. The zero-order chi connectivity index (χ0) is 13.7. The van der Waals surface area contributed by atoms with Crippen molar-refractivity contribution in [2.75, 3.05) is 19.0 Å². The number of halogens is 1. The van der Waals surface area contributed by atoms with Crippen LogP contribution in [0, 0.1) is 6.92 Å². The molecule has 0 radical (unpaired) electrons. The second-order valence-electron chi connectivity index (χ2n) is 4.33. The van der Waals surface area contributed by atoms with E-state index < -0.39 is 0 Å². The van der Waals surface area contributed by atoms with Gasteiger partial charge in [0.2, 0.25) is 0 Å². The molecule has 1 aromatic carbocycles. The van der Waals surface area contributed by atoms with E-state index in [-0.39, 0.29) is 0 Å². The fourth-order valence-corrected chi connectivity index (χ4v) is 2.49. The van der Waals surface area contributed by atoms with Crippen LogP contribution >= 0.6 is 15.9 Å². The molecule has 1 heterocycles. The van der Waals surface area contributed by atoms with Crippen molar-refractivity contribution < 1.29 is 4.74 Å². The summed E-state index contributed by atoms with van der Waals surface area (Å²) in [7, 11) is 1.70. The van der Waals surface area contributed by atoms with E-state index in [2.05, 4.69) is 38.4 Å². The number of anilines is 1. The van der Waals surface area contributed by atoms with E-state index in [0.717, 1.165) is 34.6 Å². The predicted octanol–water partition coefficient (Wildman–Crippen LogP) is 3.82. The summed E-state index contributed by atoms with van der Waals surface area (Å²) in [4.78, 5) is 4.36. The molecule has 100 valence electrons. The molecule has 0 bridgehead atoms. The van der Waals surface area contributed by atoms with Crippen LogP contribution in [0.3, 0.4) is 0 Å². The maximum atomic E-state index is 5.33. The first-order valence-electron chi connectivity index (χ1n) is 6.18. The lowest BCUT2D eigenvalue weighted by molar-refractivity contribution is 0.410. The van der Waals surface area contributed by atoms with Crippen LogP contribution in [0.4, 0.5) is 5.82 Å². The number of aromatic nitrogens is 1. The molecule has 3 nitrogen and oxygen atoms in total. The van der Waals surface area contributed by atoms with Gasteiger partial charge in [-0.3, -0.25) is 0 Å². The summed E-state index contributed by atoms with van der Waals surface area (Å²) in [5.41, 5.74) is 2.34. The minimum Gasteiger partial charge on any atom is -0.496 e. The topological polar surface area (TPSA) is 34.1 Å². The largest absolute Gasteiger partial charge is 0.496 e. The number of pyridine rings is 1. The van der Waals surface area contributed by atoms with E-state index >= 15 is 0 Å². The van der Waals surface area contributed by atoms with Gasteiger partial charge in [0.1, 0.15) is 11.6 Å². The van der Waals surface area contributed by atoms with E-state index in [0.29, 0.717) is 0 Å². The predicted molar refractivity (Wildman–Crippen MR) is 81.9 cm³/mol. The first-order valence-corrected chi connectivity index (χ1v) is 6.98. The highest BCUT2D eigenvalue weighted by molar-refractivity contribution is 9.10. The third-order valence-electron chi connectivity index (χ3n) is 2.86. The molecule has 0 atom stereocenters. The van der Waals surface area contributed by atoms with Gasteiger partial charge in [-0.05, 0) is 52.5 Å². The van der Waals surface area contributed by atoms with Crippen molar-refractivity contribution in [2.45, 2.75) is 13.3 Å². The van der Waals surface area contributed by atoms with Gasteiger partial charge < -0.3 is 10.1 Å². The minimum absolute atomic E-state index is 0.815. The van der Waals surface area contributed by atoms with Crippen molar-refractivity contribution in [3.63, 3.8) is 0 Å². The van der Waals surface area contributed by atoms with Gasteiger partial charge in [-0.25, -0.2) is 4.98 Å². The Morgan fingerprint density at radius 3 is 2.84 bits per heavy atom. The average Bonchev–Trinajstić information content (AvgIpc) is 2.42. The third-order valence-corrected chi connectivity index (χ3v) is 3.46. The normalized spacial score (nSPS) is 10.3. The maximum Gasteiger partial charge on any atom is 0.140 e. The molecule has 0 fully saturated rings. The van der Waals surface area contributed by atoms with Crippen molar-refractivity contribution in [1.29, 1.82) is 0 Å². The van der Waals surface area contributed by atoms with E-state index in [1.165, 1.54) is 5.56 Å². The molecule has 0 saturated carbocycles. The number of nitrogens with one attached hydrogen (secondary N) is 1. The number of para-hydroxylation sites is 1. The Kier molecular flexibility index (Phi) is 4.80. The number of ether oxygens (including phenoxy) is 1. The van der Waals surface area contributed by atoms with Gasteiger partial charge in [-0.1, -0.05) is 18.2 Å². The van der Waals surface area contributed by atoms with Crippen LogP contribution in [0.1, 0.15) is 11.1 Å². The molecule has 0 aliphatic heterocycles. The Labute approximate surface area is 122 Å². The Balaban J connectivity index is 1.96. The second kappa shape index (κ2) is 6.57. The lowest BCUT2D eigenvalue weighted by Crippen LogP contribution is -2.07. The summed E-state index contributed by atoms with van der Waals surface area (Å²) in [6, 6.07) is 10.1. The zero-order valence-corrected chi connectivity index (χ0v) is 12.7. The average molecular weight is 321 g/mol. The van der Waals surface area contributed by atoms with Crippen LogP contribution in [-0.2, 0) is 6.42 Å². The Morgan fingerprint density at radius 2 is 2.11 bits per heavy atom. The number of benzene rings is 1. The lowest BCUT2D eigenvalue weighted by atomic mass is 10.1. The molecule has 1 N–H and O–H groups in total. The molecule has 0 saturated heterocycles. The van der Waals surface area contributed by atoms with Crippen molar-refractivity contribution in [1.82, 2.24) is 4.98 Å². The maximum absolute atomic E-state index is 5.33. The van der Waals surface area contributed by atoms with E-state index in [4.69, 9.17) is 4.74 Å². The molecular formula is C15H17BrN2O. The summed E-state index contributed by atoms with van der Waals surface area (Å²) < 4.78 is 6.33. The number of hydrogen-bond acceptors (Lipinski definition) is 3. The molecule has 2 rings (SSSR count). The summed E-state index contributed by atoms with van der Waals surface area (Å²) >= 11 is 3.51. The molecule has 4 heteroatoms. The lowest BCUT2D eigenvalue weighted by Gasteiger charge is -2.10. The smallest absolute Gasteiger partial charge is 0.140 e. The van der Waals surface area contributed by atoms with Crippen molar-refractivity contribution in [3.8, 4) is 5.75 Å². The van der Waals surface area contributed by atoms with Crippen molar-refractivity contribution >= 4 is 21.7 Å². The highest BCUT2D eigenvalue weighted by Crippen LogP contribution is 2.21. The third kappa shape index (κ3) is 3.70. The molecular weight excluding hydrogens is 304 g/mol. The molecule has 0 amide bonds. The molecule has 0 aliphatic rings. The van der Waals surface area contributed by atoms with Gasteiger partial charge >= 0.3 is 0 Å². The van der Waals surface area contributed by atoms with Crippen molar-refractivity contribution in [3.05, 3.63) is 52.1 Å². The minimum atomic E-state index is 0.815. The summed E-state index contributed by atoms with van der Waals surface area (Å²) in [5.74, 6) is 1.81. The van der Waals surface area contributed by atoms with Gasteiger partial charge in [0, 0.05) is 12.7 Å². The molecule has 2 aromatic rings. The SMILES string of the molecule is COc1ccccc1CCNc1ncc(C)cc1Br. The van der Waals surface area contributed by atoms with Gasteiger partial charge in [0.05, 0.1) is 11.6 Å². The van der Waals surface area contributed by atoms with E-state index in [9.17, 15) is 0 Å². The van der Waals surface area contributed by atoms with E-state index in [1.54, 1.807) is 7.11 Å². The number of nitrogens with zero attached hydrogens (tertiary/aromatic N) is 1.